The second-order valence-corrected chi connectivity index (χ2v) is 7.29. The molecule has 2 heterocycles. The van der Waals surface area contributed by atoms with Gasteiger partial charge in [0.05, 0.1) is 0 Å². The summed E-state index contributed by atoms with van der Waals surface area (Å²) in [6.45, 7) is 6.21. The van der Waals surface area contributed by atoms with E-state index in [1.807, 2.05) is 0 Å². The van der Waals surface area contributed by atoms with E-state index in [1.165, 1.54) is 0 Å². The first kappa shape index (κ1) is 15.9. The molecule has 23 heavy (non-hydrogen) atoms. The molecule has 0 aromatic carbocycles. The van der Waals surface area contributed by atoms with Gasteiger partial charge in [-0.1, -0.05) is 33.3 Å². The Morgan fingerprint density at radius 3 is 2.78 bits per heavy atom. The van der Waals surface area contributed by atoms with Gasteiger partial charge >= 0.3 is 0 Å². The van der Waals surface area contributed by atoms with Gasteiger partial charge in [0.25, 0.3) is 0 Å². The lowest BCUT2D eigenvalue weighted by molar-refractivity contribution is -0.118. The fraction of sp³-hybridized carbons (Fsp3) is 0.526. The SMILES string of the molecule is CCC[C@@H]1C2=C(CC(C)(C)CC2=O)O[C@H]1C(=O)c1ccccn1. The van der Waals surface area contributed by atoms with Crippen LogP contribution in [-0.2, 0) is 9.53 Å². The van der Waals surface area contributed by atoms with Gasteiger partial charge < -0.3 is 4.74 Å². The average Bonchev–Trinajstić information content (AvgIpc) is 2.85. The van der Waals surface area contributed by atoms with Crippen molar-refractivity contribution in [2.24, 2.45) is 11.3 Å². The van der Waals surface area contributed by atoms with Crippen LogP contribution < -0.4 is 0 Å². The van der Waals surface area contributed by atoms with Crippen LogP contribution in [0.3, 0.4) is 0 Å². The molecular formula is C19H23NO3. The molecule has 0 unspecified atom stereocenters. The molecule has 1 aliphatic carbocycles. The Bertz CT molecular complexity index is 660. The maximum absolute atomic E-state index is 12.8. The molecule has 0 amide bonds. The van der Waals surface area contributed by atoms with Crippen LogP contribution in [0.15, 0.2) is 35.7 Å². The lowest BCUT2D eigenvalue weighted by Gasteiger charge is -2.29. The molecule has 4 heteroatoms. The first-order valence-corrected chi connectivity index (χ1v) is 8.31. The summed E-state index contributed by atoms with van der Waals surface area (Å²) in [4.78, 5) is 29.6. The Morgan fingerprint density at radius 2 is 2.13 bits per heavy atom. The summed E-state index contributed by atoms with van der Waals surface area (Å²) in [6, 6.07) is 5.29. The molecule has 4 nitrogen and oxygen atoms in total. The van der Waals surface area contributed by atoms with Crippen molar-refractivity contribution in [1.29, 1.82) is 0 Å². The summed E-state index contributed by atoms with van der Waals surface area (Å²) >= 11 is 0. The highest BCUT2D eigenvalue weighted by Gasteiger charge is 2.48. The number of pyridine rings is 1. The molecule has 0 N–H and O–H groups in total. The lowest BCUT2D eigenvalue weighted by Crippen LogP contribution is -2.31. The molecule has 2 aliphatic rings. The Hall–Kier alpha value is -1.97. The van der Waals surface area contributed by atoms with Crippen molar-refractivity contribution in [3.63, 3.8) is 0 Å². The van der Waals surface area contributed by atoms with E-state index < -0.39 is 6.10 Å². The van der Waals surface area contributed by atoms with Crippen molar-refractivity contribution in [3.8, 4) is 0 Å². The number of rotatable bonds is 4. The molecule has 1 aromatic rings. The van der Waals surface area contributed by atoms with Gasteiger partial charge in [-0.3, -0.25) is 14.6 Å². The van der Waals surface area contributed by atoms with Crippen LogP contribution in [0.1, 0.15) is 56.9 Å². The number of allylic oxidation sites excluding steroid dienone is 1. The number of carbonyl (C=O) groups is 2. The van der Waals surface area contributed by atoms with E-state index >= 15 is 0 Å². The van der Waals surface area contributed by atoms with Crippen LogP contribution in [0.4, 0.5) is 0 Å². The maximum atomic E-state index is 12.8. The third-order valence-corrected chi connectivity index (χ3v) is 4.66. The minimum absolute atomic E-state index is 0.102. The van der Waals surface area contributed by atoms with Gasteiger partial charge in [0, 0.05) is 30.5 Å². The van der Waals surface area contributed by atoms with Gasteiger partial charge in [0.2, 0.25) is 5.78 Å². The normalized spacial score (nSPS) is 26.0. The Kier molecular flexibility index (Phi) is 4.09. The molecule has 122 valence electrons. The zero-order valence-electron chi connectivity index (χ0n) is 14.0. The molecule has 0 saturated heterocycles. The van der Waals surface area contributed by atoms with Crippen LogP contribution in [-0.4, -0.2) is 22.7 Å². The van der Waals surface area contributed by atoms with Gasteiger partial charge in [0.1, 0.15) is 11.5 Å². The van der Waals surface area contributed by atoms with E-state index in [1.54, 1.807) is 24.4 Å². The van der Waals surface area contributed by atoms with Crippen molar-refractivity contribution in [3.05, 3.63) is 41.4 Å². The summed E-state index contributed by atoms with van der Waals surface area (Å²) in [5.74, 6) is 0.627. The third kappa shape index (κ3) is 2.94. The van der Waals surface area contributed by atoms with Crippen LogP contribution in [0.25, 0.3) is 0 Å². The van der Waals surface area contributed by atoms with Crippen molar-refractivity contribution in [2.75, 3.05) is 0 Å². The third-order valence-electron chi connectivity index (χ3n) is 4.66. The quantitative estimate of drug-likeness (QED) is 0.795. The number of hydrogen-bond acceptors (Lipinski definition) is 4. The molecular weight excluding hydrogens is 290 g/mol. The number of carbonyl (C=O) groups excluding carboxylic acids is 2. The second-order valence-electron chi connectivity index (χ2n) is 7.29. The summed E-state index contributed by atoms with van der Waals surface area (Å²) in [7, 11) is 0. The lowest BCUT2D eigenvalue weighted by atomic mass is 9.73. The zero-order valence-corrected chi connectivity index (χ0v) is 14.0. The smallest absolute Gasteiger partial charge is 0.222 e. The van der Waals surface area contributed by atoms with E-state index in [0.717, 1.165) is 30.6 Å². The van der Waals surface area contributed by atoms with E-state index in [4.69, 9.17) is 4.74 Å². The minimum Gasteiger partial charge on any atom is -0.485 e. The second kappa shape index (κ2) is 5.91. The largest absolute Gasteiger partial charge is 0.485 e. The van der Waals surface area contributed by atoms with Crippen LogP contribution in [0.5, 0.6) is 0 Å². The Morgan fingerprint density at radius 1 is 1.35 bits per heavy atom. The van der Waals surface area contributed by atoms with Gasteiger partial charge in [-0.05, 0) is 24.0 Å². The number of ether oxygens (including phenoxy) is 1. The summed E-state index contributed by atoms with van der Waals surface area (Å²) in [6.07, 6.45) is 3.95. The number of Topliss-reactive ketones (excluding diaryl/α,β-unsaturated/α-hetero) is 2. The Labute approximate surface area is 136 Å². The summed E-state index contributed by atoms with van der Waals surface area (Å²) < 4.78 is 6.02. The highest BCUT2D eigenvalue weighted by molar-refractivity contribution is 6.03. The number of ketones is 2. The predicted octanol–water partition coefficient (Wildman–Crippen LogP) is 3.72. The summed E-state index contributed by atoms with van der Waals surface area (Å²) in [5, 5.41) is 0. The Balaban J connectivity index is 1.93. The molecule has 0 radical (unpaired) electrons. The van der Waals surface area contributed by atoms with Crippen LogP contribution >= 0.6 is 0 Å². The molecule has 1 aromatic heterocycles. The number of nitrogens with zero attached hydrogens (tertiary/aromatic N) is 1. The predicted molar refractivity (Wildman–Crippen MR) is 86.9 cm³/mol. The van der Waals surface area contributed by atoms with Crippen molar-refractivity contribution < 1.29 is 14.3 Å². The topological polar surface area (TPSA) is 56.3 Å². The van der Waals surface area contributed by atoms with Crippen LogP contribution in [0.2, 0.25) is 0 Å². The fourth-order valence-corrected chi connectivity index (χ4v) is 3.68. The van der Waals surface area contributed by atoms with E-state index in [0.29, 0.717) is 12.1 Å². The van der Waals surface area contributed by atoms with E-state index in [2.05, 4.69) is 25.8 Å². The highest BCUT2D eigenvalue weighted by atomic mass is 16.5. The van der Waals surface area contributed by atoms with Crippen molar-refractivity contribution in [1.82, 2.24) is 4.98 Å². The fourth-order valence-electron chi connectivity index (χ4n) is 3.68. The van der Waals surface area contributed by atoms with Gasteiger partial charge in [0.15, 0.2) is 11.9 Å². The monoisotopic (exact) mass is 313 g/mol. The average molecular weight is 313 g/mol. The highest BCUT2D eigenvalue weighted by Crippen LogP contribution is 2.47. The molecule has 1 aliphatic heterocycles. The van der Waals surface area contributed by atoms with E-state index in [9.17, 15) is 9.59 Å². The molecule has 0 saturated carbocycles. The molecule has 0 fully saturated rings. The van der Waals surface area contributed by atoms with Crippen molar-refractivity contribution in [2.45, 2.75) is 52.6 Å². The first-order chi connectivity index (χ1) is 10.9. The molecule has 3 rings (SSSR count). The maximum Gasteiger partial charge on any atom is 0.222 e. The first-order valence-electron chi connectivity index (χ1n) is 8.31. The van der Waals surface area contributed by atoms with Gasteiger partial charge in [-0.15, -0.1) is 0 Å². The molecule has 0 spiro atoms. The number of hydrogen-bond donors (Lipinski definition) is 0. The minimum atomic E-state index is -0.604. The standard InChI is InChI=1S/C19H23NO3/c1-4-7-12-16-14(21)10-19(2,3)11-15(16)23-18(12)17(22)13-8-5-6-9-20-13/h5-6,8-9,12,18H,4,7,10-11H2,1-3H3/t12-,18-/m1/s1. The van der Waals surface area contributed by atoms with Gasteiger partial charge in [-0.25, -0.2) is 0 Å². The number of aromatic nitrogens is 1. The molecule has 0 bridgehead atoms. The zero-order chi connectivity index (χ0) is 16.6. The molecule has 2 atom stereocenters. The van der Waals surface area contributed by atoms with Crippen molar-refractivity contribution >= 4 is 11.6 Å². The van der Waals surface area contributed by atoms with E-state index in [-0.39, 0.29) is 22.9 Å². The van der Waals surface area contributed by atoms with Gasteiger partial charge in [-0.2, -0.15) is 0 Å². The van der Waals surface area contributed by atoms with Crippen LogP contribution in [0, 0.1) is 11.3 Å². The summed E-state index contributed by atoms with van der Waals surface area (Å²) in [5.41, 5.74) is 1.07.